The van der Waals surface area contributed by atoms with Crippen LogP contribution in [0.1, 0.15) is 42.7 Å². The average molecular weight is 400 g/mol. The number of Topliss-reactive ketones (excluding diaryl/α,β-unsaturated/α-hetero) is 1. The van der Waals surface area contributed by atoms with Gasteiger partial charge in [0.25, 0.3) is 0 Å². The van der Waals surface area contributed by atoms with Gasteiger partial charge in [-0.25, -0.2) is 0 Å². The maximum absolute atomic E-state index is 13.2. The van der Waals surface area contributed by atoms with Gasteiger partial charge in [0.05, 0.1) is 5.69 Å². The van der Waals surface area contributed by atoms with Crippen molar-refractivity contribution in [3.05, 3.63) is 74.9 Å². The summed E-state index contributed by atoms with van der Waals surface area (Å²) in [6, 6.07) is 13.0. The molecule has 3 nitrogen and oxygen atoms in total. The SMILES string of the molecule is Cc1ccc(Cl)cc1N1C(=O)CC(c2ccccc2Cl)C2=C1CCCC2=O. The van der Waals surface area contributed by atoms with Crippen LogP contribution in [0.25, 0.3) is 0 Å². The van der Waals surface area contributed by atoms with E-state index in [0.717, 1.165) is 34.5 Å². The zero-order valence-corrected chi connectivity index (χ0v) is 16.5. The summed E-state index contributed by atoms with van der Waals surface area (Å²) in [4.78, 5) is 27.8. The van der Waals surface area contributed by atoms with E-state index in [1.807, 2.05) is 43.3 Å². The maximum Gasteiger partial charge on any atom is 0.232 e. The van der Waals surface area contributed by atoms with Crippen LogP contribution >= 0.6 is 23.2 Å². The number of halogens is 2. The zero-order valence-electron chi connectivity index (χ0n) is 15.0. The smallest absolute Gasteiger partial charge is 0.232 e. The molecule has 0 bridgehead atoms. The largest absolute Gasteiger partial charge is 0.294 e. The molecule has 0 spiro atoms. The molecule has 4 rings (SSSR count). The highest BCUT2D eigenvalue weighted by molar-refractivity contribution is 6.31. The molecule has 0 saturated heterocycles. The van der Waals surface area contributed by atoms with E-state index >= 15 is 0 Å². The van der Waals surface area contributed by atoms with E-state index in [2.05, 4.69) is 0 Å². The average Bonchev–Trinajstić information content (AvgIpc) is 2.64. The lowest BCUT2D eigenvalue weighted by Crippen LogP contribution is -2.41. The van der Waals surface area contributed by atoms with Gasteiger partial charge in [-0.3, -0.25) is 14.5 Å². The van der Waals surface area contributed by atoms with E-state index in [-0.39, 0.29) is 24.0 Å². The molecule has 0 radical (unpaired) electrons. The third-order valence-corrected chi connectivity index (χ3v) is 5.95. The Balaban J connectivity index is 1.91. The summed E-state index contributed by atoms with van der Waals surface area (Å²) in [5.41, 5.74) is 4.09. The fourth-order valence-corrected chi connectivity index (χ4v) is 4.55. The molecule has 0 aromatic heterocycles. The van der Waals surface area contributed by atoms with Crippen LogP contribution in [0.15, 0.2) is 53.7 Å². The molecule has 1 heterocycles. The Morgan fingerprint density at radius 1 is 1.04 bits per heavy atom. The van der Waals surface area contributed by atoms with Gasteiger partial charge >= 0.3 is 0 Å². The quantitative estimate of drug-likeness (QED) is 0.636. The topological polar surface area (TPSA) is 37.4 Å². The minimum atomic E-state index is -0.287. The Morgan fingerprint density at radius 2 is 1.81 bits per heavy atom. The van der Waals surface area contributed by atoms with Crippen LogP contribution in [-0.2, 0) is 9.59 Å². The molecule has 2 aromatic rings. The third kappa shape index (κ3) is 3.19. The molecule has 0 fully saturated rings. The maximum atomic E-state index is 13.2. The number of nitrogens with zero attached hydrogens (tertiary/aromatic N) is 1. The van der Waals surface area contributed by atoms with Gasteiger partial charge in [-0.1, -0.05) is 47.5 Å². The van der Waals surface area contributed by atoms with Crippen molar-refractivity contribution in [3.8, 4) is 0 Å². The summed E-state index contributed by atoms with van der Waals surface area (Å²) >= 11 is 12.6. The molecule has 1 unspecified atom stereocenters. The minimum Gasteiger partial charge on any atom is -0.294 e. The Morgan fingerprint density at radius 3 is 2.59 bits per heavy atom. The Bertz CT molecular complexity index is 980. The molecule has 5 heteroatoms. The number of allylic oxidation sites excluding steroid dienone is 2. The number of carbonyl (C=O) groups excluding carboxylic acids is 2. The van der Waals surface area contributed by atoms with Gasteiger partial charge in [0.15, 0.2) is 5.78 Å². The summed E-state index contributed by atoms with van der Waals surface area (Å²) in [6.45, 7) is 1.95. The van der Waals surface area contributed by atoms with Crippen LogP contribution in [0.2, 0.25) is 10.0 Å². The normalized spacial score (nSPS) is 20.1. The lowest BCUT2D eigenvalue weighted by atomic mass is 9.77. The Kier molecular flexibility index (Phi) is 4.83. The fraction of sp³-hybridized carbons (Fsp3) is 0.273. The predicted octanol–water partition coefficient (Wildman–Crippen LogP) is 5.83. The highest BCUT2D eigenvalue weighted by Gasteiger charge is 2.40. The van der Waals surface area contributed by atoms with Gasteiger partial charge in [0, 0.05) is 40.1 Å². The molecule has 1 atom stereocenters. The van der Waals surface area contributed by atoms with E-state index in [1.54, 1.807) is 11.0 Å². The number of hydrogen-bond donors (Lipinski definition) is 0. The number of ketones is 1. The molecule has 1 aliphatic carbocycles. The van der Waals surface area contributed by atoms with E-state index < -0.39 is 0 Å². The molecule has 2 aliphatic rings. The second kappa shape index (κ2) is 7.14. The van der Waals surface area contributed by atoms with Crippen molar-refractivity contribution >= 4 is 40.6 Å². The number of hydrogen-bond acceptors (Lipinski definition) is 2. The first-order valence-electron chi connectivity index (χ1n) is 9.07. The minimum absolute atomic E-state index is 0.0289. The van der Waals surface area contributed by atoms with E-state index in [4.69, 9.17) is 23.2 Å². The summed E-state index contributed by atoms with van der Waals surface area (Å²) in [5, 5.41) is 1.16. The summed E-state index contributed by atoms with van der Waals surface area (Å²) in [7, 11) is 0. The molecule has 2 aromatic carbocycles. The number of aryl methyl sites for hydroxylation is 1. The number of rotatable bonds is 2. The summed E-state index contributed by atoms with van der Waals surface area (Å²) in [5.74, 6) is -0.207. The fourth-order valence-electron chi connectivity index (χ4n) is 4.12. The zero-order chi connectivity index (χ0) is 19.1. The lowest BCUT2D eigenvalue weighted by Gasteiger charge is -2.39. The molecule has 138 valence electrons. The molecular weight excluding hydrogens is 381 g/mol. The Labute approximate surface area is 168 Å². The molecule has 1 aliphatic heterocycles. The number of amides is 1. The first kappa shape index (κ1) is 18.3. The van der Waals surface area contributed by atoms with Crippen LogP contribution in [0.3, 0.4) is 0 Å². The molecule has 0 saturated carbocycles. The van der Waals surface area contributed by atoms with Gasteiger partial charge in [0.2, 0.25) is 5.91 Å². The van der Waals surface area contributed by atoms with Crippen LogP contribution in [0.5, 0.6) is 0 Å². The van der Waals surface area contributed by atoms with Crippen molar-refractivity contribution in [1.29, 1.82) is 0 Å². The number of anilines is 1. The second-order valence-corrected chi connectivity index (χ2v) is 7.92. The standard InChI is InChI=1S/C22H19Cl2NO2/c1-13-9-10-14(23)11-19(13)25-18-7-4-8-20(26)22(18)16(12-21(25)27)15-5-2-3-6-17(15)24/h2-3,5-6,9-11,16H,4,7-8,12H2,1H3. The lowest BCUT2D eigenvalue weighted by molar-refractivity contribution is -0.119. The van der Waals surface area contributed by atoms with Crippen molar-refractivity contribution in [2.75, 3.05) is 4.90 Å². The molecular formula is C22H19Cl2NO2. The van der Waals surface area contributed by atoms with Crippen LogP contribution in [0.4, 0.5) is 5.69 Å². The predicted molar refractivity (Wildman–Crippen MR) is 108 cm³/mol. The van der Waals surface area contributed by atoms with Gasteiger partial charge in [-0.2, -0.15) is 0 Å². The third-order valence-electron chi connectivity index (χ3n) is 5.37. The second-order valence-electron chi connectivity index (χ2n) is 7.08. The van der Waals surface area contributed by atoms with Crippen molar-refractivity contribution in [2.45, 2.75) is 38.5 Å². The van der Waals surface area contributed by atoms with E-state index in [0.29, 0.717) is 22.9 Å². The van der Waals surface area contributed by atoms with Crippen molar-refractivity contribution in [3.63, 3.8) is 0 Å². The molecule has 0 N–H and O–H groups in total. The molecule has 1 amide bonds. The highest BCUT2D eigenvalue weighted by atomic mass is 35.5. The van der Waals surface area contributed by atoms with Gasteiger partial charge < -0.3 is 0 Å². The van der Waals surface area contributed by atoms with Crippen molar-refractivity contribution < 1.29 is 9.59 Å². The van der Waals surface area contributed by atoms with E-state index in [1.165, 1.54) is 0 Å². The summed E-state index contributed by atoms with van der Waals surface area (Å²) < 4.78 is 0. The monoisotopic (exact) mass is 399 g/mol. The van der Waals surface area contributed by atoms with Gasteiger partial charge in [-0.05, 0) is 49.1 Å². The van der Waals surface area contributed by atoms with Crippen LogP contribution < -0.4 is 4.90 Å². The van der Waals surface area contributed by atoms with Gasteiger partial charge in [-0.15, -0.1) is 0 Å². The Hall–Kier alpha value is -2.10. The summed E-state index contributed by atoms with van der Waals surface area (Å²) in [6.07, 6.45) is 2.17. The first-order valence-corrected chi connectivity index (χ1v) is 9.82. The molecule has 27 heavy (non-hydrogen) atoms. The van der Waals surface area contributed by atoms with Crippen molar-refractivity contribution in [1.82, 2.24) is 0 Å². The highest BCUT2D eigenvalue weighted by Crippen LogP contribution is 2.45. The van der Waals surface area contributed by atoms with Crippen LogP contribution in [0, 0.1) is 6.92 Å². The number of carbonyl (C=O) groups is 2. The number of benzene rings is 2. The first-order chi connectivity index (χ1) is 13.0. The van der Waals surface area contributed by atoms with Crippen molar-refractivity contribution in [2.24, 2.45) is 0 Å². The van der Waals surface area contributed by atoms with Crippen LogP contribution in [-0.4, -0.2) is 11.7 Å². The van der Waals surface area contributed by atoms with Gasteiger partial charge in [0.1, 0.15) is 0 Å². The van der Waals surface area contributed by atoms with E-state index in [9.17, 15) is 9.59 Å².